The number of halogens is 1. The van der Waals surface area contributed by atoms with Gasteiger partial charge in [-0.15, -0.1) is 0 Å². The summed E-state index contributed by atoms with van der Waals surface area (Å²) in [7, 11) is 0. The van der Waals surface area contributed by atoms with Gasteiger partial charge in [0.15, 0.2) is 0 Å². The second kappa shape index (κ2) is 7.92. The number of benzene rings is 2. The molecule has 1 fully saturated rings. The van der Waals surface area contributed by atoms with E-state index in [0.29, 0.717) is 11.4 Å². The molecule has 0 unspecified atom stereocenters. The summed E-state index contributed by atoms with van der Waals surface area (Å²) in [4.78, 5) is 26.4. The molecule has 1 heterocycles. The third-order valence-corrected chi connectivity index (χ3v) is 4.95. The largest absolute Gasteiger partial charge is 0.326 e. The van der Waals surface area contributed by atoms with E-state index in [1.165, 1.54) is 0 Å². The van der Waals surface area contributed by atoms with Gasteiger partial charge >= 0.3 is 0 Å². The van der Waals surface area contributed by atoms with Crippen LogP contribution in [0, 0.1) is 5.92 Å². The lowest BCUT2D eigenvalue weighted by atomic mass is 9.87. The van der Waals surface area contributed by atoms with Crippen LogP contribution in [-0.2, 0) is 9.59 Å². The molecule has 5 heteroatoms. The van der Waals surface area contributed by atoms with Crippen molar-refractivity contribution in [3.05, 3.63) is 59.1 Å². The molecular formula is C21H23ClN2O2. The molecule has 2 aromatic carbocycles. The van der Waals surface area contributed by atoms with Gasteiger partial charge in [-0.2, -0.15) is 0 Å². The lowest BCUT2D eigenvalue weighted by Gasteiger charge is -2.21. The molecule has 0 bridgehead atoms. The second-order valence-corrected chi connectivity index (χ2v) is 7.39. The molecule has 136 valence electrons. The Balaban J connectivity index is 1.73. The molecule has 0 radical (unpaired) electrons. The second-order valence-electron chi connectivity index (χ2n) is 6.96. The van der Waals surface area contributed by atoms with Crippen LogP contribution in [0.4, 0.5) is 11.4 Å². The highest BCUT2D eigenvalue weighted by atomic mass is 35.5. The molecule has 0 aromatic heterocycles. The van der Waals surface area contributed by atoms with Crippen LogP contribution in [0.2, 0.25) is 5.02 Å². The molecular weight excluding hydrogens is 348 g/mol. The highest BCUT2D eigenvalue weighted by molar-refractivity contribution is 6.30. The average Bonchev–Trinajstić information content (AvgIpc) is 3.03. The molecule has 4 nitrogen and oxygen atoms in total. The van der Waals surface area contributed by atoms with E-state index in [1.807, 2.05) is 50.2 Å². The maximum Gasteiger partial charge on any atom is 0.232 e. The van der Waals surface area contributed by atoms with Gasteiger partial charge in [0, 0.05) is 29.4 Å². The Labute approximate surface area is 159 Å². The maximum atomic E-state index is 12.8. The van der Waals surface area contributed by atoms with Crippen LogP contribution in [0.15, 0.2) is 48.5 Å². The topological polar surface area (TPSA) is 49.4 Å². The molecule has 1 saturated heterocycles. The van der Waals surface area contributed by atoms with E-state index >= 15 is 0 Å². The number of nitrogens with one attached hydrogen (secondary N) is 1. The SMILES string of the molecule is CC(C)[C@@H](C(=O)Nc1ccc(N2CCCC2=O)cc1)c1ccc(Cl)cc1. The Kier molecular flexibility index (Phi) is 5.62. The molecule has 3 rings (SSSR count). The Morgan fingerprint density at radius 1 is 1.08 bits per heavy atom. The fourth-order valence-corrected chi connectivity index (χ4v) is 3.50. The highest BCUT2D eigenvalue weighted by Gasteiger charge is 2.25. The van der Waals surface area contributed by atoms with Crippen LogP contribution in [0.1, 0.15) is 38.2 Å². The van der Waals surface area contributed by atoms with Gasteiger partial charge in [0.1, 0.15) is 0 Å². The molecule has 26 heavy (non-hydrogen) atoms. The smallest absolute Gasteiger partial charge is 0.232 e. The summed E-state index contributed by atoms with van der Waals surface area (Å²) in [6, 6.07) is 14.9. The van der Waals surface area contributed by atoms with Gasteiger partial charge in [-0.3, -0.25) is 9.59 Å². The monoisotopic (exact) mass is 370 g/mol. The number of nitrogens with zero attached hydrogens (tertiary/aromatic N) is 1. The van der Waals surface area contributed by atoms with Gasteiger partial charge in [-0.1, -0.05) is 37.6 Å². The van der Waals surface area contributed by atoms with Gasteiger partial charge < -0.3 is 10.2 Å². The first kappa shape index (κ1) is 18.5. The lowest BCUT2D eigenvalue weighted by Crippen LogP contribution is -2.25. The summed E-state index contributed by atoms with van der Waals surface area (Å²) in [5.41, 5.74) is 2.55. The average molecular weight is 371 g/mol. The first-order valence-electron chi connectivity index (χ1n) is 8.92. The predicted octanol–water partition coefficient (Wildman–Crippen LogP) is 4.85. The summed E-state index contributed by atoms with van der Waals surface area (Å²) >= 11 is 5.96. The van der Waals surface area contributed by atoms with Gasteiger partial charge in [-0.05, 0) is 54.3 Å². The third-order valence-electron chi connectivity index (χ3n) is 4.70. The molecule has 2 aromatic rings. The van der Waals surface area contributed by atoms with E-state index in [9.17, 15) is 9.59 Å². The molecule has 0 aliphatic carbocycles. The first-order chi connectivity index (χ1) is 12.5. The standard InChI is InChI=1S/C21H23ClN2O2/c1-14(2)20(15-5-7-16(22)8-6-15)21(26)23-17-9-11-18(12-10-17)24-13-3-4-19(24)25/h5-12,14,20H,3-4,13H2,1-2H3,(H,23,26)/t20-/m1/s1. The van der Waals surface area contributed by atoms with Gasteiger partial charge in [0.2, 0.25) is 11.8 Å². The number of hydrogen-bond acceptors (Lipinski definition) is 2. The van der Waals surface area contributed by atoms with E-state index in [1.54, 1.807) is 17.0 Å². The summed E-state index contributed by atoms with van der Waals surface area (Å²) in [5, 5.41) is 3.65. The summed E-state index contributed by atoms with van der Waals surface area (Å²) < 4.78 is 0. The zero-order valence-corrected chi connectivity index (χ0v) is 15.8. The zero-order valence-electron chi connectivity index (χ0n) is 15.0. The highest BCUT2D eigenvalue weighted by Crippen LogP contribution is 2.28. The first-order valence-corrected chi connectivity index (χ1v) is 9.30. The van der Waals surface area contributed by atoms with Crippen molar-refractivity contribution < 1.29 is 9.59 Å². The number of anilines is 2. The number of carbonyl (C=O) groups is 2. The van der Waals surface area contributed by atoms with Crippen molar-refractivity contribution in [3.8, 4) is 0 Å². The van der Waals surface area contributed by atoms with Gasteiger partial charge in [0.05, 0.1) is 5.92 Å². The molecule has 1 N–H and O–H groups in total. The van der Waals surface area contributed by atoms with Crippen molar-refractivity contribution in [2.24, 2.45) is 5.92 Å². The minimum absolute atomic E-state index is 0.0488. The van der Waals surface area contributed by atoms with Crippen LogP contribution < -0.4 is 10.2 Å². The van der Waals surface area contributed by atoms with E-state index in [0.717, 1.165) is 29.9 Å². The van der Waals surface area contributed by atoms with Crippen molar-refractivity contribution >= 4 is 34.8 Å². The quantitative estimate of drug-likeness (QED) is 0.818. The van der Waals surface area contributed by atoms with Crippen molar-refractivity contribution in [2.75, 3.05) is 16.8 Å². The summed E-state index contributed by atoms with van der Waals surface area (Å²) in [5.74, 6) is 0.00138. The van der Waals surface area contributed by atoms with Crippen LogP contribution in [0.5, 0.6) is 0 Å². The molecule has 0 spiro atoms. The predicted molar refractivity (Wildman–Crippen MR) is 106 cm³/mol. The van der Waals surface area contributed by atoms with Gasteiger partial charge in [0.25, 0.3) is 0 Å². The van der Waals surface area contributed by atoms with Crippen molar-refractivity contribution in [1.82, 2.24) is 0 Å². The van der Waals surface area contributed by atoms with Crippen molar-refractivity contribution in [3.63, 3.8) is 0 Å². The fourth-order valence-electron chi connectivity index (χ4n) is 3.38. The minimum Gasteiger partial charge on any atom is -0.326 e. The van der Waals surface area contributed by atoms with E-state index in [4.69, 9.17) is 11.6 Å². The molecule has 0 saturated carbocycles. The summed E-state index contributed by atoms with van der Waals surface area (Å²) in [6.07, 6.45) is 1.50. The van der Waals surface area contributed by atoms with E-state index in [-0.39, 0.29) is 23.7 Å². The summed E-state index contributed by atoms with van der Waals surface area (Å²) in [6.45, 7) is 4.82. The van der Waals surface area contributed by atoms with Crippen LogP contribution in [0.3, 0.4) is 0 Å². The minimum atomic E-state index is -0.257. The molecule has 1 aliphatic heterocycles. The Hall–Kier alpha value is -2.33. The van der Waals surface area contributed by atoms with Crippen molar-refractivity contribution in [2.45, 2.75) is 32.6 Å². The Bertz CT molecular complexity index is 785. The number of carbonyl (C=O) groups excluding carboxylic acids is 2. The number of hydrogen-bond donors (Lipinski definition) is 1. The molecule has 2 amide bonds. The lowest BCUT2D eigenvalue weighted by molar-refractivity contribution is -0.118. The van der Waals surface area contributed by atoms with E-state index in [2.05, 4.69) is 5.32 Å². The molecule has 1 atom stereocenters. The fraction of sp³-hybridized carbons (Fsp3) is 0.333. The van der Waals surface area contributed by atoms with Crippen molar-refractivity contribution in [1.29, 1.82) is 0 Å². The van der Waals surface area contributed by atoms with Crippen LogP contribution >= 0.6 is 11.6 Å². The normalized spacial score (nSPS) is 15.4. The van der Waals surface area contributed by atoms with E-state index < -0.39 is 0 Å². The van der Waals surface area contributed by atoms with Crippen LogP contribution in [0.25, 0.3) is 0 Å². The Morgan fingerprint density at radius 2 is 1.73 bits per heavy atom. The Morgan fingerprint density at radius 3 is 2.27 bits per heavy atom. The maximum absolute atomic E-state index is 12.8. The third kappa shape index (κ3) is 4.07. The number of amides is 2. The number of rotatable bonds is 5. The van der Waals surface area contributed by atoms with Gasteiger partial charge in [-0.25, -0.2) is 0 Å². The zero-order chi connectivity index (χ0) is 18.7. The molecule has 1 aliphatic rings. The van der Waals surface area contributed by atoms with Crippen LogP contribution in [-0.4, -0.2) is 18.4 Å².